The van der Waals surface area contributed by atoms with Gasteiger partial charge in [-0.25, -0.2) is 4.79 Å². The van der Waals surface area contributed by atoms with Gasteiger partial charge in [-0.3, -0.25) is 0 Å². The molecule has 0 aliphatic carbocycles. The Hall–Kier alpha value is -2.42. The Balaban J connectivity index is 2.29. The summed E-state index contributed by atoms with van der Waals surface area (Å²) in [5, 5.41) is 10.4. The van der Waals surface area contributed by atoms with Crippen LogP contribution in [0.25, 0.3) is 0 Å². The number of benzene rings is 2. The normalized spacial score (nSPS) is 10.0. The van der Waals surface area contributed by atoms with Crippen molar-refractivity contribution in [1.29, 1.82) is 5.26 Å². The number of hydrogen-bond donors (Lipinski definition) is 1. The van der Waals surface area contributed by atoms with Gasteiger partial charge in [-0.1, -0.05) is 35.3 Å². The molecule has 2 aromatic carbocycles. The Morgan fingerprint density at radius 2 is 2.00 bits per heavy atom. The van der Waals surface area contributed by atoms with Gasteiger partial charge in [-0.15, -0.1) is 0 Å². The van der Waals surface area contributed by atoms with Crippen molar-refractivity contribution < 1.29 is 9.53 Å². The first-order valence-corrected chi connectivity index (χ1v) is 7.87. The summed E-state index contributed by atoms with van der Waals surface area (Å²) >= 11 is 12.3. The molecule has 2 rings (SSSR count). The number of amides is 1. The van der Waals surface area contributed by atoms with Gasteiger partial charge in [0.2, 0.25) is 0 Å². The highest BCUT2D eigenvalue weighted by Gasteiger charge is 2.14. The SMILES string of the molecule is N#Cc1ccc(Cl)cc1CN(CCOC(N)=O)c1ccccc1Cl. The topological polar surface area (TPSA) is 79.3 Å². The molecule has 2 aromatic rings. The molecule has 124 valence electrons. The zero-order valence-corrected chi connectivity index (χ0v) is 14.2. The molecule has 0 unspecified atom stereocenters. The Kier molecular flexibility index (Phi) is 6.30. The fourth-order valence-electron chi connectivity index (χ4n) is 2.26. The minimum atomic E-state index is -0.838. The van der Waals surface area contributed by atoms with Crippen LogP contribution >= 0.6 is 23.2 Å². The van der Waals surface area contributed by atoms with Crippen LogP contribution in [0.15, 0.2) is 42.5 Å². The van der Waals surface area contributed by atoms with Gasteiger partial charge >= 0.3 is 6.09 Å². The highest BCUT2D eigenvalue weighted by molar-refractivity contribution is 6.33. The zero-order valence-electron chi connectivity index (χ0n) is 12.7. The number of anilines is 1. The quantitative estimate of drug-likeness (QED) is 0.841. The van der Waals surface area contributed by atoms with Crippen molar-refractivity contribution in [3.8, 4) is 6.07 Å². The maximum absolute atomic E-state index is 10.8. The maximum Gasteiger partial charge on any atom is 0.404 e. The molecule has 0 aliphatic rings. The lowest BCUT2D eigenvalue weighted by molar-refractivity contribution is 0.159. The van der Waals surface area contributed by atoms with E-state index in [1.807, 2.05) is 23.1 Å². The van der Waals surface area contributed by atoms with Crippen molar-refractivity contribution in [1.82, 2.24) is 0 Å². The lowest BCUT2D eigenvalue weighted by atomic mass is 10.1. The van der Waals surface area contributed by atoms with Crippen LogP contribution in [0.1, 0.15) is 11.1 Å². The summed E-state index contributed by atoms with van der Waals surface area (Å²) < 4.78 is 4.81. The summed E-state index contributed by atoms with van der Waals surface area (Å²) in [5.41, 5.74) is 7.03. The summed E-state index contributed by atoms with van der Waals surface area (Å²) in [6.07, 6.45) is -0.838. The predicted octanol–water partition coefficient (Wildman–Crippen LogP) is 3.97. The maximum atomic E-state index is 10.8. The van der Waals surface area contributed by atoms with Crippen molar-refractivity contribution in [2.45, 2.75) is 6.54 Å². The van der Waals surface area contributed by atoms with E-state index in [-0.39, 0.29) is 6.61 Å². The van der Waals surface area contributed by atoms with E-state index >= 15 is 0 Å². The van der Waals surface area contributed by atoms with Crippen molar-refractivity contribution in [3.05, 3.63) is 63.6 Å². The zero-order chi connectivity index (χ0) is 17.5. The van der Waals surface area contributed by atoms with Crippen LogP contribution in [0.3, 0.4) is 0 Å². The number of rotatable bonds is 6. The van der Waals surface area contributed by atoms with Gasteiger partial charge in [-0.2, -0.15) is 5.26 Å². The van der Waals surface area contributed by atoms with E-state index in [9.17, 15) is 10.1 Å². The Morgan fingerprint density at radius 3 is 2.67 bits per heavy atom. The predicted molar refractivity (Wildman–Crippen MR) is 94.2 cm³/mol. The van der Waals surface area contributed by atoms with Gasteiger partial charge in [-0.05, 0) is 35.9 Å². The lowest BCUT2D eigenvalue weighted by Gasteiger charge is -2.26. The molecule has 7 heteroatoms. The molecule has 0 saturated heterocycles. The van der Waals surface area contributed by atoms with Crippen LogP contribution in [-0.4, -0.2) is 19.2 Å². The van der Waals surface area contributed by atoms with Crippen LogP contribution in [0, 0.1) is 11.3 Å². The molecule has 0 spiro atoms. The number of halogens is 2. The standard InChI is InChI=1S/C17H15Cl2N3O2/c18-14-6-5-12(10-20)13(9-14)11-22(7-8-24-17(21)23)16-4-2-1-3-15(16)19/h1-6,9H,7-8,11H2,(H2,21,23). The third-order valence-electron chi connectivity index (χ3n) is 3.35. The summed E-state index contributed by atoms with van der Waals surface area (Å²) in [6.45, 7) is 0.850. The molecule has 0 heterocycles. The second kappa shape index (κ2) is 8.44. The van der Waals surface area contributed by atoms with Crippen molar-refractivity contribution in [3.63, 3.8) is 0 Å². The molecule has 2 N–H and O–H groups in total. The van der Waals surface area contributed by atoms with Crippen molar-refractivity contribution in [2.75, 3.05) is 18.1 Å². The Bertz CT molecular complexity index is 775. The molecule has 1 amide bonds. The van der Waals surface area contributed by atoms with Gasteiger partial charge in [0.05, 0.1) is 28.9 Å². The van der Waals surface area contributed by atoms with Gasteiger partial charge in [0.1, 0.15) is 6.61 Å². The molecule has 0 atom stereocenters. The first kappa shape index (κ1) is 17.9. The summed E-state index contributed by atoms with van der Waals surface area (Å²) in [6, 6.07) is 14.5. The second-order valence-corrected chi connectivity index (χ2v) is 5.80. The number of para-hydroxylation sites is 1. The average Bonchev–Trinajstić information content (AvgIpc) is 2.54. The number of primary amides is 1. The fraction of sp³-hybridized carbons (Fsp3) is 0.176. The van der Waals surface area contributed by atoms with E-state index in [4.69, 9.17) is 33.7 Å². The van der Waals surface area contributed by atoms with Crippen molar-refractivity contribution in [2.24, 2.45) is 5.73 Å². The molecule has 0 aromatic heterocycles. The second-order valence-electron chi connectivity index (χ2n) is 4.95. The molecule has 5 nitrogen and oxygen atoms in total. The number of nitrogens with zero attached hydrogens (tertiary/aromatic N) is 2. The molecule has 0 saturated carbocycles. The van der Waals surface area contributed by atoms with Gasteiger partial charge in [0.25, 0.3) is 0 Å². The van der Waals surface area contributed by atoms with Gasteiger partial charge in [0.15, 0.2) is 0 Å². The summed E-state index contributed by atoms with van der Waals surface area (Å²) in [7, 11) is 0. The Labute approximate surface area is 150 Å². The van der Waals surface area contributed by atoms with Gasteiger partial charge < -0.3 is 15.4 Å². The van der Waals surface area contributed by atoms with Crippen LogP contribution in [-0.2, 0) is 11.3 Å². The first-order chi connectivity index (χ1) is 11.5. The van der Waals surface area contributed by atoms with Crippen LogP contribution < -0.4 is 10.6 Å². The molecule has 0 fully saturated rings. The number of nitrogens with two attached hydrogens (primary N) is 1. The molecule has 0 radical (unpaired) electrons. The molecule has 0 bridgehead atoms. The number of carbonyl (C=O) groups is 1. The third-order valence-corrected chi connectivity index (χ3v) is 3.90. The third kappa shape index (κ3) is 4.79. The summed E-state index contributed by atoms with van der Waals surface area (Å²) in [5.74, 6) is 0. The van der Waals surface area contributed by atoms with E-state index in [0.717, 1.165) is 11.3 Å². The Morgan fingerprint density at radius 1 is 1.25 bits per heavy atom. The van der Waals surface area contributed by atoms with E-state index in [0.29, 0.717) is 28.7 Å². The minimum absolute atomic E-state index is 0.100. The molecular formula is C17H15Cl2N3O2. The number of hydrogen-bond acceptors (Lipinski definition) is 4. The number of ether oxygens (including phenoxy) is 1. The van der Waals surface area contributed by atoms with Crippen LogP contribution in [0.2, 0.25) is 10.0 Å². The van der Waals surface area contributed by atoms with E-state index in [1.54, 1.807) is 24.3 Å². The smallest absolute Gasteiger partial charge is 0.404 e. The summed E-state index contributed by atoms with van der Waals surface area (Å²) in [4.78, 5) is 12.7. The first-order valence-electron chi connectivity index (χ1n) is 7.11. The van der Waals surface area contributed by atoms with Crippen molar-refractivity contribution >= 4 is 35.0 Å². The fourth-order valence-corrected chi connectivity index (χ4v) is 2.71. The molecule has 0 aliphatic heterocycles. The van der Waals surface area contributed by atoms with Gasteiger partial charge in [0, 0.05) is 11.6 Å². The minimum Gasteiger partial charge on any atom is -0.448 e. The molecule has 24 heavy (non-hydrogen) atoms. The highest BCUT2D eigenvalue weighted by atomic mass is 35.5. The molecular weight excluding hydrogens is 349 g/mol. The van der Waals surface area contributed by atoms with Crippen LogP contribution in [0.5, 0.6) is 0 Å². The number of nitriles is 1. The largest absolute Gasteiger partial charge is 0.448 e. The highest BCUT2D eigenvalue weighted by Crippen LogP contribution is 2.27. The monoisotopic (exact) mass is 363 g/mol. The lowest BCUT2D eigenvalue weighted by Crippen LogP contribution is -2.29. The van der Waals surface area contributed by atoms with E-state index in [2.05, 4.69) is 6.07 Å². The number of carbonyl (C=O) groups excluding carboxylic acids is 1. The van der Waals surface area contributed by atoms with E-state index in [1.165, 1.54) is 0 Å². The average molecular weight is 364 g/mol. The van der Waals surface area contributed by atoms with E-state index < -0.39 is 6.09 Å². The van der Waals surface area contributed by atoms with Crippen LogP contribution in [0.4, 0.5) is 10.5 Å².